The van der Waals surface area contributed by atoms with Crippen molar-refractivity contribution in [3.8, 4) is 0 Å². The number of carbonyl (C=O) groups is 2. The van der Waals surface area contributed by atoms with Crippen LogP contribution in [0.1, 0.15) is 254 Å². The van der Waals surface area contributed by atoms with Crippen molar-refractivity contribution < 1.29 is 40.5 Å². The van der Waals surface area contributed by atoms with Crippen molar-refractivity contribution >= 4 is 27.8 Å². The number of unbranched alkanes of at least 4 members (excludes halogenated alkanes) is 24. The van der Waals surface area contributed by atoms with Crippen LogP contribution in [0.25, 0.3) is 0 Å². The van der Waals surface area contributed by atoms with Gasteiger partial charge in [0.05, 0.1) is 23.4 Å². The Kier molecular flexibility index (Phi) is 58.5. The molecule has 0 saturated carbocycles. The Morgan fingerprint density at radius 3 is 1.15 bits per heavy atom. The molecule has 7 heteroatoms. The zero-order chi connectivity index (χ0) is 40.9. The predicted octanol–water partition coefficient (Wildman–Crippen LogP) is 15.5. The van der Waals surface area contributed by atoms with Crippen LogP contribution >= 0.6 is 15.9 Å². The van der Waals surface area contributed by atoms with Crippen molar-refractivity contribution in [1.29, 1.82) is 0 Å². The van der Waals surface area contributed by atoms with Crippen molar-refractivity contribution in [2.75, 3.05) is 19.7 Å². The monoisotopic (exact) mass is 1010 g/mol. The summed E-state index contributed by atoms with van der Waals surface area (Å²) in [7, 11) is 0. The maximum absolute atomic E-state index is 12.8. The molecule has 332 valence electrons. The first-order valence-corrected chi connectivity index (χ1v) is 24.8. The van der Waals surface area contributed by atoms with E-state index in [4.69, 9.17) is 4.74 Å². The summed E-state index contributed by atoms with van der Waals surface area (Å²) >= 11 is 3.31. The van der Waals surface area contributed by atoms with Crippen LogP contribution in [0.2, 0.25) is 0 Å². The first-order chi connectivity index (χ1) is 26.3. The number of nitrogens with zero attached hydrogens (tertiary/aromatic N) is 1. The van der Waals surface area contributed by atoms with Gasteiger partial charge in [0.15, 0.2) is 0 Å². The Morgan fingerprint density at radius 2 is 0.855 bits per heavy atom. The predicted molar refractivity (Wildman–Crippen MR) is 243 cm³/mol. The second kappa shape index (κ2) is 52.1. The van der Waals surface area contributed by atoms with E-state index in [1.54, 1.807) is 11.8 Å². The fourth-order valence-electron chi connectivity index (χ4n) is 6.85. The van der Waals surface area contributed by atoms with E-state index >= 15 is 0 Å². The van der Waals surface area contributed by atoms with E-state index in [-0.39, 0.29) is 56.4 Å². The zero-order valence-corrected chi connectivity index (χ0v) is 42.6. The third-order valence-electron chi connectivity index (χ3n) is 10.5. The van der Waals surface area contributed by atoms with Crippen LogP contribution in [0.15, 0.2) is 0 Å². The van der Waals surface area contributed by atoms with E-state index < -0.39 is 0 Å². The van der Waals surface area contributed by atoms with Crippen molar-refractivity contribution in [3.63, 3.8) is 0 Å². The normalized spacial score (nSPS) is 11.3. The van der Waals surface area contributed by atoms with E-state index in [9.17, 15) is 14.7 Å². The molecule has 0 bridgehead atoms. The van der Waals surface area contributed by atoms with Gasteiger partial charge >= 0.3 is 5.97 Å². The molecule has 0 saturated heterocycles. The van der Waals surface area contributed by atoms with Gasteiger partial charge in [0.1, 0.15) is 6.61 Å². The molecule has 0 aliphatic rings. The van der Waals surface area contributed by atoms with Crippen LogP contribution in [-0.4, -0.2) is 52.5 Å². The Morgan fingerprint density at radius 1 is 0.564 bits per heavy atom. The van der Waals surface area contributed by atoms with Crippen molar-refractivity contribution in [2.45, 2.75) is 265 Å². The molecule has 0 spiro atoms. The van der Waals surface area contributed by atoms with Crippen LogP contribution in [0.4, 0.5) is 0 Å². The molecular weight excluding hydrogens is 918 g/mol. The quantitative estimate of drug-likeness (QED) is 0.0290. The fraction of sp³-hybridized carbons (Fsp3) is 0.938. The number of rotatable bonds is 38. The number of alkyl halides is 1. The van der Waals surface area contributed by atoms with Gasteiger partial charge in [-0.3, -0.25) is 9.59 Å². The number of aliphatic hydroxyl groups is 1. The number of halogens is 1. The second-order valence-electron chi connectivity index (χ2n) is 15.6. The molecular formula is C48H97BrNO4W-. The summed E-state index contributed by atoms with van der Waals surface area (Å²) in [5, 5.41) is 9.93. The summed E-state index contributed by atoms with van der Waals surface area (Å²) in [5.74, 6) is -0.0932. The van der Waals surface area contributed by atoms with Crippen LogP contribution in [0.5, 0.6) is 0 Å². The summed E-state index contributed by atoms with van der Waals surface area (Å²) in [6, 6.07) is 0. The standard InChI is InChI=1S/C27H51BrNO3.C19H40O.C2H6.W/c1-5-8-10-12-14-16-18-20-25(21-19-17-15-13-11-9-6-2)27(31)32-23-22-29(7-3)26(30)24(4)28;1-3-5-7-9-11-13-15-17-19(20)18-16-14-12-10-8-6-4-2;1-2;/h24-25H,3,5-23H2,1-2,4H3;19-20H,3-18H2,1-2H3;1-2H3;/q-1;;;. The largest absolute Gasteiger partial charge is 0.464 e. The minimum atomic E-state index is -0.248. The van der Waals surface area contributed by atoms with Gasteiger partial charge in [-0.15, -0.1) is 6.54 Å². The van der Waals surface area contributed by atoms with Gasteiger partial charge in [-0.05, 0) is 32.6 Å². The maximum atomic E-state index is 12.8. The molecule has 0 aliphatic heterocycles. The average molecular weight is 1020 g/mol. The van der Waals surface area contributed by atoms with Gasteiger partial charge in [-0.2, -0.15) is 0 Å². The Hall–Kier alpha value is 0.0683. The van der Waals surface area contributed by atoms with Crippen molar-refractivity contribution in [2.24, 2.45) is 5.92 Å². The Balaban J connectivity index is -0.000000487. The minimum absolute atomic E-state index is 0. The first-order valence-electron chi connectivity index (χ1n) is 23.8. The smallest absolute Gasteiger partial charge is 0.308 e. The van der Waals surface area contributed by atoms with E-state index in [1.165, 1.54) is 167 Å². The van der Waals surface area contributed by atoms with E-state index in [1.807, 2.05) is 13.8 Å². The summed E-state index contributed by atoms with van der Waals surface area (Å²) < 4.78 is 5.61. The van der Waals surface area contributed by atoms with E-state index in [2.05, 4.69) is 50.5 Å². The molecule has 1 unspecified atom stereocenters. The molecule has 0 aromatic rings. The van der Waals surface area contributed by atoms with Crippen molar-refractivity contribution in [1.82, 2.24) is 4.90 Å². The number of hydrogen-bond acceptors (Lipinski definition) is 4. The second-order valence-corrected chi connectivity index (χ2v) is 17.0. The fourth-order valence-corrected chi connectivity index (χ4v) is 7.14. The van der Waals surface area contributed by atoms with Gasteiger partial charge in [-0.25, -0.2) is 0 Å². The van der Waals surface area contributed by atoms with Gasteiger partial charge < -0.3 is 21.7 Å². The van der Waals surface area contributed by atoms with Crippen molar-refractivity contribution in [3.05, 3.63) is 6.92 Å². The number of aliphatic hydroxyl groups excluding tert-OH is 1. The minimum Gasteiger partial charge on any atom is -0.464 e. The van der Waals surface area contributed by atoms with E-state index in [0.717, 1.165) is 38.5 Å². The molecule has 5 nitrogen and oxygen atoms in total. The van der Waals surface area contributed by atoms with Crippen LogP contribution in [0, 0.1) is 12.8 Å². The average Bonchev–Trinajstić information content (AvgIpc) is 3.18. The molecule has 55 heavy (non-hydrogen) atoms. The summed E-state index contributed by atoms with van der Waals surface area (Å²) in [5.41, 5.74) is 0. The molecule has 1 atom stereocenters. The van der Waals surface area contributed by atoms with Crippen LogP contribution in [0.3, 0.4) is 0 Å². The molecule has 0 aliphatic carbocycles. The van der Waals surface area contributed by atoms with Gasteiger partial charge in [-0.1, -0.05) is 237 Å². The Labute approximate surface area is 368 Å². The molecule has 1 amide bonds. The third kappa shape index (κ3) is 46.6. The number of hydrogen-bond donors (Lipinski definition) is 1. The number of carbonyl (C=O) groups excluding carboxylic acids is 2. The van der Waals surface area contributed by atoms with E-state index in [0.29, 0.717) is 13.1 Å². The summed E-state index contributed by atoms with van der Waals surface area (Å²) in [4.78, 5) is 26.3. The molecule has 0 radical (unpaired) electrons. The topological polar surface area (TPSA) is 66.8 Å². The molecule has 0 aromatic heterocycles. The molecule has 0 fully saturated rings. The molecule has 1 N–H and O–H groups in total. The number of ether oxygens (including phenoxy) is 1. The Bertz CT molecular complexity index is 705. The molecule has 0 aromatic carbocycles. The molecule has 0 heterocycles. The maximum Gasteiger partial charge on any atom is 0.308 e. The van der Waals surface area contributed by atoms with Gasteiger partial charge in [0.2, 0.25) is 5.91 Å². The molecule has 0 rings (SSSR count). The SMILES string of the molecule is CC.CCCCCCCCCC(O)CCCCCCCCC.[CH2-]CN(CCOC(=O)C(CCCCCCCCC)CCCCCCCCC)C(=O)C(C)Br.[W]. The summed E-state index contributed by atoms with van der Waals surface area (Å²) in [6.07, 6.45) is 40.4. The third-order valence-corrected chi connectivity index (χ3v) is 10.8. The van der Waals surface area contributed by atoms with Gasteiger partial charge in [0, 0.05) is 21.1 Å². The van der Waals surface area contributed by atoms with Crippen LogP contribution < -0.4 is 0 Å². The summed E-state index contributed by atoms with van der Waals surface area (Å²) in [6.45, 7) is 19.7. The number of esters is 1. The van der Waals surface area contributed by atoms with Crippen LogP contribution in [-0.2, 0) is 35.4 Å². The first kappa shape index (κ1) is 61.7. The number of amides is 1. The van der Waals surface area contributed by atoms with Gasteiger partial charge in [0.25, 0.3) is 0 Å². The zero-order valence-electron chi connectivity index (χ0n) is 38.1.